The summed E-state index contributed by atoms with van der Waals surface area (Å²) in [5.74, 6) is 0.0417. The molecule has 1 N–H and O–H groups in total. The van der Waals surface area contributed by atoms with Gasteiger partial charge in [0.15, 0.2) is 0 Å². The van der Waals surface area contributed by atoms with Gasteiger partial charge >= 0.3 is 0 Å². The summed E-state index contributed by atoms with van der Waals surface area (Å²) in [6.07, 6.45) is 2.28. The molecule has 1 saturated heterocycles. The van der Waals surface area contributed by atoms with E-state index in [-0.39, 0.29) is 23.5 Å². The first-order valence-corrected chi connectivity index (χ1v) is 9.52. The van der Waals surface area contributed by atoms with Crippen molar-refractivity contribution in [1.82, 2.24) is 10.2 Å². The van der Waals surface area contributed by atoms with Gasteiger partial charge in [-0.1, -0.05) is 12.1 Å². The molecule has 6 heteroatoms. The Hall–Kier alpha value is -2.89. The number of rotatable bonds is 6. The van der Waals surface area contributed by atoms with Gasteiger partial charge in [0.1, 0.15) is 11.6 Å². The van der Waals surface area contributed by atoms with Crippen LogP contribution in [0.5, 0.6) is 5.75 Å². The van der Waals surface area contributed by atoms with Crippen LogP contribution in [0, 0.1) is 11.7 Å². The molecule has 2 aromatic rings. The standard InChI is InChI=1S/C22H25FN2O3/c1-28-20-10-4-16(5-11-20)12-13-24-21(26)18-3-2-14-25(15-18)22(27)17-6-8-19(23)9-7-17/h4-11,18H,2-3,12-15H2,1H3,(H,24,26). The Morgan fingerprint density at radius 3 is 2.54 bits per heavy atom. The van der Waals surface area contributed by atoms with E-state index in [4.69, 9.17) is 4.74 Å². The fourth-order valence-corrected chi connectivity index (χ4v) is 3.42. The molecule has 0 aliphatic carbocycles. The highest BCUT2D eigenvalue weighted by molar-refractivity contribution is 5.94. The fourth-order valence-electron chi connectivity index (χ4n) is 3.42. The highest BCUT2D eigenvalue weighted by Gasteiger charge is 2.28. The summed E-state index contributed by atoms with van der Waals surface area (Å²) in [5, 5.41) is 2.98. The Kier molecular flexibility index (Phi) is 6.63. The van der Waals surface area contributed by atoms with Crippen molar-refractivity contribution < 1.29 is 18.7 Å². The predicted octanol–water partition coefficient (Wildman–Crippen LogP) is 3.05. The summed E-state index contributed by atoms with van der Waals surface area (Å²) < 4.78 is 18.2. The monoisotopic (exact) mass is 384 g/mol. The molecule has 1 fully saturated rings. The molecule has 1 unspecified atom stereocenters. The summed E-state index contributed by atoms with van der Waals surface area (Å²) in [6.45, 7) is 1.56. The molecule has 1 atom stereocenters. The van der Waals surface area contributed by atoms with Crippen molar-refractivity contribution in [3.63, 3.8) is 0 Å². The van der Waals surface area contributed by atoms with Gasteiger partial charge in [-0.05, 0) is 61.2 Å². The minimum absolute atomic E-state index is 0.0230. The average Bonchev–Trinajstić information content (AvgIpc) is 2.74. The van der Waals surface area contributed by atoms with E-state index in [9.17, 15) is 14.0 Å². The first-order chi connectivity index (χ1) is 13.6. The lowest BCUT2D eigenvalue weighted by Crippen LogP contribution is -2.45. The summed E-state index contributed by atoms with van der Waals surface area (Å²) in [6, 6.07) is 13.3. The molecule has 0 saturated carbocycles. The Morgan fingerprint density at radius 1 is 1.14 bits per heavy atom. The number of amides is 2. The molecule has 1 aliphatic heterocycles. The summed E-state index contributed by atoms with van der Waals surface area (Å²) >= 11 is 0. The van der Waals surface area contributed by atoms with Gasteiger partial charge in [0.05, 0.1) is 13.0 Å². The molecule has 1 heterocycles. The molecule has 2 amide bonds. The van der Waals surface area contributed by atoms with Gasteiger partial charge in [-0.15, -0.1) is 0 Å². The number of ether oxygens (including phenoxy) is 1. The molecule has 1 aliphatic rings. The first-order valence-electron chi connectivity index (χ1n) is 9.52. The summed E-state index contributed by atoms with van der Waals surface area (Å²) in [5.41, 5.74) is 1.57. The van der Waals surface area contributed by atoms with Crippen LogP contribution in [0.4, 0.5) is 4.39 Å². The van der Waals surface area contributed by atoms with Gasteiger partial charge in [-0.2, -0.15) is 0 Å². The van der Waals surface area contributed by atoms with E-state index in [1.54, 1.807) is 12.0 Å². The Labute approximate surface area is 164 Å². The summed E-state index contributed by atoms with van der Waals surface area (Å²) in [7, 11) is 1.63. The van der Waals surface area contributed by atoms with Crippen molar-refractivity contribution in [2.24, 2.45) is 5.92 Å². The highest BCUT2D eigenvalue weighted by atomic mass is 19.1. The molecule has 148 valence electrons. The predicted molar refractivity (Wildman–Crippen MR) is 105 cm³/mol. The van der Waals surface area contributed by atoms with Crippen molar-refractivity contribution >= 4 is 11.8 Å². The van der Waals surface area contributed by atoms with E-state index >= 15 is 0 Å². The van der Waals surface area contributed by atoms with Gasteiger partial charge in [0, 0.05) is 25.2 Å². The number of carbonyl (C=O) groups excluding carboxylic acids is 2. The number of nitrogens with one attached hydrogen (secondary N) is 1. The minimum Gasteiger partial charge on any atom is -0.497 e. The second kappa shape index (κ2) is 9.35. The maximum atomic E-state index is 13.1. The molecule has 0 radical (unpaired) electrons. The minimum atomic E-state index is -0.371. The first kappa shape index (κ1) is 19.9. The number of benzene rings is 2. The largest absolute Gasteiger partial charge is 0.497 e. The average molecular weight is 384 g/mol. The second-order valence-corrected chi connectivity index (χ2v) is 6.99. The zero-order valence-corrected chi connectivity index (χ0v) is 16.0. The number of nitrogens with zero attached hydrogens (tertiary/aromatic N) is 1. The zero-order valence-electron chi connectivity index (χ0n) is 16.0. The lowest BCUT2D eigenvalue weighted by Gasteiger charge is -2.32. The van der Waals surface area contributed by atoms with Crippen molar-refractivity contribution in [1.29, 1.82) is 0 Å². The quantitative estimate of drug-likeness (QED) is 0.833. The van der Waals surface area contributed by atoms with Gasteiger partial charge in [0.25, 0.3) is 5.91 Å². The van der Waals surface area contributed by atoms with Crippen molar-refractivity contribution in [3.05, 3.63) is 65.5 Å². The highest BCUT2D eigenvalue weighted by Crippen LogP contribution is 2.19. The van der Waals surface area contributed by atoms with E-state index in [0.717, 1.165) is 30.6 Å². The molecule has 0 bridgehead atoms. The topological polar surface area (TPSA) is 58.6 Å². The number of likely N-dealkylation sites (tertiary alicyclic amines) is 1. The van der Waals surface area contributed by atoms with Gasteiger partial charge in [-0.3, -0.25) is 9.59 Å². The molecule has 5 nitrogen and oxygen atoms in total. The second-order valence-electron chi connectivity index (χ2n) is 6.99. The normalized spacial score (nSPS) is 16.5. The van der Waals surface area contributed by atoms with Crippen LogP contribution < -0.4 is 10.1 Å². The van der Waals surface area contributed by atoms with Gasteiger partial charge in [0.2, 0.25) is 5.91 Å². The van der Waals surface area contributed by atoms with E-state index in [0.29, 0.717) is 25.2 Å². The molecule has 2 aromatic carbocycles. The zero-order chi connectivity index (χ0) is 19.9. The van der Waals surface area contributed by atoms with Gasteiger partial charge in [-0.25, -0.2) is 4.39 Å². The van der Waals surface area contributed by atoms with Crippen LogP contribution >= 0.6 is 0 Å². The smallest absolute Gasteiger partial charge is 0.253 e. The number of halogens is 1. The third-order valence-electron chi connectivity index (χ3n) is 5.04. The van der Waals surface area contributed by atoms with E-state index < -0.39 is 0 Å². The van der Waals surface area contributed by atoms with Gasteiger partial charge < -0.3 is 15.0 Å². The molecular formula is C22H25FN2O3. The van der Waals surface area contributed by atoms with Crippen LogP contribution in [-0.2, 0) is 11.2 Å². The number of hydrogen-bond acceptors (Lipinski definition) is 3. The molecule has 0 aromatic heterocycles. The van der Waals surface area contributed by atoms with Crippen molar-refractivity contribution in [2.75, 3.05) is 26.7 Å². The third kappa shape index (κ3) is 5.09. The van der Waals surface area contributed by atoms with Crippen LogP contribution in [0.3, 0.4) is 0 Å². The maximum Gasteiger partial charge on any atom is 0.253 e. The van der Waals surface area contributed by atoms with Crippen molar-refractivity contribution in [3.8, 4) is 5.75 Å². The van der Waals surface area contributed by atoms with Crippen LogP contribution in [0.25, 0.3) is 0 Å². The maximum absolute atomic E-state index is 13.1. The molecular weight excluding hydrogens is 359 g/mol. The van der Waals surface area contributed by atoms with E-state index in [2.05, 4.69) is 5.32 Å². The van der Waals surface area contributed by atoms with Crippen LogP contribution in [0.1, 0.15) is 28.8 Å². The lowest BCUT2D eigenvalue weighted by molar-refractivity contribution is -0.126. The third-order valence-corrected chi connectivity index (χ3v) is 5.04. The molecule has 3 rings (SSSR count). The number of hydrogen-bond donors (Lipinski definition) is 1. The molecule has 28 heavy (non-hydrogen) atoms. The van der Waals surface area contributed by atoms with E-state index in [1.165, 1.54) is 24.3 Å². The Bertz CT molecular complexity index is 806. The molecule has 0 spiro atoms. The van der Waals surface area contributed by atoms with Crippen LogP contribution in [0.2, 0.25) is 0 Å². The fraction of sp³-hybridized carbons (Fsp3) is 0.364. The van der Waals surface area contributed by atoms with Crippen molar-refractivity contribution in [2.45, 2.75) is 19.3 Å². The Morgan fingerprint density at radius 2 is 1.86 bits per heavy atom. The summed E-state index contributed by atoms with van der Waals surface area (Å²) in [4.78, 5) is 26.8. The van der Waals surface area contributed by atoms with Crippen LogP contribution in [-0.4, -0.2) is 43.5 Å². The number of carbonyl (C=O) groups is 2. The number of piperidine rings is 1. The lowest BCUT2D eigenvalue weighted by atomic mass is 9.96. The Balaban J connectivity index is 1.49. The van der Waals surface area contributed by atoms with E-state index in [1.807, 2.05) is 24.3 Å². The SMILES string of the molecule is COc1ccc(CCNC(=O)C2CCCN(C(=O)c3ccc(F)cc3)C2)cc1. The van der Waals surface area contributed by atoms with Crippen LogP contribution in [0.15, 0.2) is 48.5 Å². The number of methoxy groups -OCH3 is 1.